The number of aryl methyl sites for hydroxylation is 1. The summed E-state index contributed by atoms with van der Waals surface area (Å²) in [5.74, 6) is 0.577. The van der Waals surface area contributed by atoms with Crippen molar-refractivity contribution in [2.45, 2.75) is 33.6 Å². The first-order valence-corrected chi connectivity index (χ1v) is 5.68. The number of carbonyl (C=O) groups is 1. The lowest BCUT2D eigenvalue weighted by atomic mass is 10.00. The van der Waals surface area contributed by atoms with Crippen molar-refractivity contribution in [2.75, 3.05) is 0 Å². The van der Waals surface area contributed by atoms with Gasteiger partial charge in [0.05, 0.1) is 0 Å². The third-order valence-corrected chi connectivity index (χ3v) is 3.48. The van der Waals surface area contributed by atoms with Crippen LogP contribution in [-0.4, -0.2) is 5.78 Å². The zero-order valence-corrected chi connectivity index (χ0v) is 9.71. The first-order chi connectivity index (χ1) is 7.04. The molecule has 1 unspecified atom stereocenters. The van der Waals surface area contributed by atoms with Crippen LogP contribution in [0.1, 0.15) is 43.1 Å². The number of hydrogen-bond donors (Lipinski definition) is 0. The molecule has 1 saturated carbocycles. The minimum absolute atomic E-state index is 0.237. The molecule has 1 atom stereocenters. The van der Waals surface area contributed by atoms with E-state index in [1.54, 1.807) is 0 Å². The van der Waals surface area contributed by atoms with Crippen LogP contribution in [0.4, 0.5) is 0 Å². The largest absolute Gasteiger partial charge is 0.294 e. The van der Waals surface area contributed by atoms with Crippen LogP contribution in [0.25, 0.3) is 0 Å². The van der Waals surface area contributed by atoms with Gasteiger partial charge >= 0.3 is 0 Å². The van der Waals surface area contributed by atoms with Gasteiger partial charge in [-0.05, 0) is 23.8 Å². The Balaban J connectivity index is 2.13. The molecule has 1 aliphatic rings. The van der Waals surface area contributed by atoms with Gasteiger partial charge in [0.2, 0.25) is 0 Å². The van der Waals surface area contributed by atoms with E-state index in [1.165, 1.54) is 5.56 Å². The van der Waals surface area contributed by atoms with Gasteiger partial charge in [-0.1, -0.05) is 45.0 Å². The third-order valence-electron chi connectivity index (χ3n) is 3.48. The Morgan fingerprint density at radius 2 is 1.87 bits per heavy atom. The van der Waals surface area contributed by atoms with Crippen LogP contribution in [0.2, 0.25) is 0 Å². The van der Waals surface area contributed by atoms with Crippen LogP contribution in [0.3, 0.4) is 0 Å². The molecule has 1 aromatic carbocycles. The molecule has 0 aromatic heterocycles. The normalized spacial score (nSPS) is 22.5. The van der Waals surface area contributed by atoms with Gasteiger partial charge in [-0.25, -0.2) is 0 Å². The highest BCUT2D eigenvalue weighted by Gasteiger charge is 2.50. The van der Waals surface area contributed by atoms with Crippen molar-refractivity contribution in [1.82, 2.24) is 0 Å². The molecule has 80 valence electrons. The van der Waals surface area contributed by atoms with E-state index in [1.807, 2.05) is 12.1 Å². The molecular weight excluding hydrogens is 184 g/mol. The quantitative estimate of drug-likeness (QED) is 0.686. The molecule has 1 nitrogen and oxygen atoms in total. The van der Waals surface area contributed by atoms with Gasteiger partial charge in [0.1, 0.15) is 0 Å². The van der Waals surface area contributed by atoms with Crippen LogP contribution in [0.5, 0.6) is 0 Å². The van der Waals surface area contributed by atoms with Crippen molar-refractivity contribution in [3.8, 4) is 0 Å². The lowest BCUT2D eigenvalue weighted by molar-refractivity contribution is 0.0953. The second-order valence-electron chi connectivity index (χ2n) is 5.16. The summed E-state index contributed by atoms with van der Waals surface area (Å²) in [7, 11) is 0. The molecular formula is C14H18O. The molecule has 1 aromatic rings. The number of Topliss-reactive ketones (excluding diaryl/α,β-unsaturated/α-hetero) is 1. The van der Waals surface area contributed by atoms with Gasteiger partial charge in [-0.15, -0.1) is 0 Å². The van der Waals surface area contributed by atoms with Crippen molar-refractivity contribution in [2.24, 2.45) is 11.3 Å². The number of benzene rings is 1. The van der Waals surface area contributed by atoms with Crippen molar-refractivity contribution in [3.05, 3.63) is 35.4 Å². The highest BCUT2D eigenvalue weighted by atomic mass is 16.1. The minimum Gasteiger partial charge on any atom is -0.294 e. The third kappa shape index (κ3) is 1.97. The van der Waals surface area contributed by atoms with Gasteiger partial charge in [0.25, 0.3) is 0 Å². The predicted molar refractivity (Wildman–Crippen MR) is 62.0 cm³/mol. The minimum atomic E-state index is 0.237. The van der Waals surface area contributed by atoms with Crippen LogP contribution >= 0.6 is 0 Å². The van der Waals surface area contributed by atoms with Gasteiger partial charge in [-0.2, -0.15) is 0 Å². The van der Waals surface area contributed by atoms with E-state index >= 15 is 0 Å². The van der Waals surface area contributed by atoms with Gasteiger partial charge in [0, 0.05) is 11.5 Å². The summed E-state index contributed by atoms with van der Waals surface area (Å²) in [6, 6.07) is 8.05. The van der Waals surface area contributed by atoms with Crippen molar-refractivity contribution in [3.63, 3.8) is 0 Å². The Bertz CT molecular complexity index is 373. The highest BCUT2D eigenvalue weighted by molar-refractivity contribution is 6.00. The molecule has 0 N–H and O–H groups in total. The van der Waals surface area contributed by atoms with Crippen molar-refractivity contribution in [1.29, 1.82) is 0 Å². The van der Waals surface area contributed by atoms with E-state index in [2.05, 4.69) is 32.9 Å². The number of ketones is 1. The van der Waals surface area contributed by atoms with E-state index < -0.39 is 0 Å². The fourth-order valence-corrected chi connectivity index (χ4v) is 2.02. The Morgan fingerprint density at radius 3 is 2.27 bits per heavy atom. The predicted octanol–water partition coefficient (Wildman–Crippen LogP) is 3.48. The molecule has 1 fully saturated rings. The van der Waals surface area contributed by atoms with E-state index in [4.69, 9.17) is 0 Å². The van der Waals surface area contributed by atoms with E-state index in [0.29, 0.717) is 5.78 Å². The first-order valence-electron chi connectivity index (χ1n) is 5.68. The summed E-state index contributed by atoms with van der Waals surface area (Å²) in [5, 5.41) is 0. The second kappa shape index (κ2) is 3.48. The van der Waals surface area contributed by atoms with E-state index in [9.17, 15) is 4.79 Å². The Kier molecular flexibility index (Phi) is 2.41. The molecule has 0 saturated heterocycles. The average Bonchev–Trinajstić information content (AvgIpc) is 2.87. The Morgan fingerprint density at radius 1 is 1.33 bits per heavy atom. The number of carbonyl (C=O) groups excluding carboxylic acids is 1. The monoisotopic (exact) mass is 202 g/mol. The molecule has 0 amide bonds. The Hall–Kier alpha value is -1.11. The molecule has 15 heavy (non-hydrogen) atoms. The molecule has 2 rings (SSSR count). The van der Waals surface area contributed by atoms with Crippen LogP contribution in [-0.2, 0) is 6.42 Å². The van der Waals surface area contributed by atoms with Crippen LogP contribution in [0.15, 0.2) is 24.3 Å². The van der Waals surface area contributed by atoms with Gasteiger partial charge in [-0.3, -0.25) is 4.79 Å². The molecule has 0 bridgehead atoms. The second-order valence-corrected chi connectivity index (χ2v) is 5.16. The summed E-state index contributed by atoms with van der Waals surface area (Å²) < 4.78 is 0. The zero-order chi connectivity index (χ0) is 11.1. The van der Waals surface area contributed by atoms with E-state index in [0.717, 1.165) is 18.4 Å². The van der Waals surface area contributed by atoms with Crippen LogP contribution < -0.4 is 0 Å². The van der Waals surface area contributed by atoms with Crippen molar-refractivity contribution >= 4 is 5.78 Å². The summed E-state index contributed by atoms with van der Waals surface area (Å²) in [4.78, 5) is 12.0. The molecule has 0 heterocycles. The number of hydrogen-bond acceptors (Lipinski definition) is 1. The SMILES string of the molecule is CCc1ccc(C(=O)C2CC2(C)C)cc1. The summed E-state index contributed by atoms with van der Waals surface area (Å²) in [5.41, 5.74) is 2.41. The van der Waals surface area contributed by atoms with Gasteiger partial charge in [0.15, 0.2) is 5.78 Å². The standard InChI is InChI=1S/C14H18O/c1-4-10-5-7-11(8-6-10)13(15)12-9-14(12,2)3/h5-8,12H,4,9H2,1-3H3. The summed E-state index contributed by atoms with van der Waals surface area (Å²) in [6.07, 6.45) is 2.07. The lowest BCUT2D eigenvalue weighted by Gasteiger charge is -2.03. The topological polar surface area (TPSA) is 17.1 Å². The maximum Gasteiger partial charge on any atom is 0.166 e. The maximum atomic E-state index is 12.0. The average molecular weight is 202 g/mol. The van der Waals surface area contributed by atoms with Crippen molar-refractivity contribution < 1.29 is 4.79 Å². The molecule has 1 aliphatic carbocycles. The molecule has 0 aliphatic heterocycles. The highest BCUT2D eigenvalue weighted by Crippen LogP contribution is 2.53. The summed E-state index contributed by atoms with van der Waals surface area (Å²) in [6.45, 7) is 6.45. The fraction of sp³-hybridized carbons (Fsp3) is 0.500. The molecule has 0 radical (unpaired) electrons. The summed E-state index contributed by atoms with van der Waals surface area (Å²) >= 11 is 0. The van der Waals surface area contributed by atoms with E-state index in [-0.39, 0.29) is 11.3 Å². The molecule has 1 heteroatoms. The number of rotatable bonds is 3. The van der Waals surface area contributed by atoms with Gasteiger partial charge < -0.3 is 0 Å². The Labute approximate surface area is 91.5 Å². The zero-order valence-electron chi connectivity index (χ0n) is 9.71. The molecule has 0 spiro atoms. The first kappa shape index (κ1) is 10.4. The smallest absolute Gasteiger partial charge is 0.166 e. The maximum absolute atomic E-state index is 12.0. The fourth-order valence-electron chi connectivity index (χ4n) is 2.02. The van der Waals surface area contributed by atoms with Crippen LogP contribution in [0, 0.1) is 11.3 Å². The lowest BCUT2D eigenvalue weighted by Crippen LogP contribution is -2.06.